The average Bonchev–Trinajstić information content (AvgIpc) is 3.21. The van der Waals surface area contributed by atoms with Crippen LogP contribution in [0.1, 0.15) is 133 Å². The number of hydrogen-bond donors (Lipinski definition) is 0. The first-order valence-electron chi connectivity index (χ1n) is 20.9. The minimum atomic E-state index is 0.883. The van der Waals surface area contributed by atoms with Crippen molar-refractivity contribution in [2.75, 3.05) is 0 Å². The lowest BCUT2D eigenvalue weighted by atomic mass is 9.86. The highest BCUT2D eigenvalue weighted by Gasteiger charge is 2.13. The second kappa shape index (κ2) is 21.9. The van der Waals surface area contributed by atoms with Gasteiger partial charge in [0.1, 0.15) is 0 Å². The maximum Gasteiger partial charge on any atom is 0.0249 e. The summed E-state index contributed by atoms with van der Waals surface area (Å²) in [6.45, 7) is 9.01. The van der Waals surface area contributed by atoms with E-state index in [-0.39, 0.29) is 0 Å². The zero-order valence-corrected chi connectivity index (χ0v) is 33.2. The fraction of sp³-hybridized carbons (Fsp3) is 0.396. The molecule has 0 heteroatoms. The van der Waals surface area contributed by atoms with Gasteiger partial charge in [0.25, 0.3) is 0 Å². The Labute approximate surface area is 323 Å². The molecular weight excluding hydrogens is 637 g/mol. The average molecular weight is 699 g/mol. The van der Waals surface area contributed by atoms with E-state index in [1.54, 1.807) is 0 Å². The van der Waals surface area contributed by atoms with E-state index in [4.69, 9.17) is 0 Å². The zero-order valence-electron chi connectivity index (χ0n) is 33.2. The van der Waals surface area contributed by atoms with Crippen LogP contribution in [0.25, 0.3) is 22.3 Å². The molecule has 0 saturated carbocycles. The highest BCUT2D eigenvalue weighted by atomic mass is 14.2. The van der Waals surface area contributed by atoms with E-state index in [0.717, 1.165) is 48.6 Å². The summed E-state index contributed by atoms with van der Waals surface area (Å²) in [5.41, 5.74) is 12.8. The molecular formula is C53H62. The summed E-state index contributed by atoms with van der Waals surface area (Å²) in [5, 5.41) is 0. The normalized spacial score (nSPS) is 16.5. The van der Waals surface area contributed by atoms with Crippen molar-refractivity contribution in [3.63, 3.8) is 0 Å². The van der Waals surface area contributed by atoms with Crippen LogP contribution in [-0.4, -0.2) is 0 Å². The van der Waals surface area contributed by atoms with E-state index in [9.17, 15) is 0 Å². The molecule has 0 aromatic heterocycles. The Morgan fingerprint density at radius 1 is 0.434 bits per heavy atom. The SMILES string of the molecule is CCCCC1CC=C(C#Cc2ccc(-c3ccc(CCC)cc3)cc2)CC1.CCCc1ccc(-c2ccc(C#CC3=CCC(CCC)CC3)cc2)cc1. The Hall–Kier alpha value is -4.52. The standard InChI is InChI=1S/C27H32.C26H30/c1-3-5-7-23-8-10-24(11-9-23)12-13-25-16-20-27(21-17-25)26-18-14-22(6-4-2)15-19-26;1-3-5-21-7-9-23(10-8-21)11-12-24-15-19-26(20-16-24)25-17-13-22(6-4-2)14-18-25/h10,14-21,23H,3-9,11H2,1-2H3;9,13-21H,3-8,10H2,1-2H3. The maximum atomic E-state index is 3.41. The molecule has 274 valence electrons. The first kappa shape index (κ1) is 39.7. The molecule has 2 aliphatic rings. The quantitative estimate of drug-likeness (QED) is 0.137. The molecule has 0 spiro atoms. The number of unbranched alkanes of at least 4 members (excludes halogenated alkanes) is 1. The van der Waals surface area contributed by atoms with Crippen LogP contribution in [0, 0.1) is 35.5 Å². The number of allylic oxidation sites excluding steroid dienone is 4. The fourth-order valence-corrected chi connectivity index (χ4v) is 7.53. The van der Waals surface area contributed by atoms with Crippen molar-refractivity contribution in [2.24, 2.45) is 11.8 Å². The van der Waals surface area contributed by atoms with E-state index in [1.165, 1.54) is 115 Å². The topological polar surface area (TPSA) is 0 Å². The molecule has 0 amide bonds. The van der Waals surface area contributed by atoms with Crippen molar-refractivity contribution in [2.45, 2.75) is 124 Å². The van der Waals surface area contributed by atoms with Gasteiger partial charge < -0.3 is 0 Å². The van der Waals surface area contributed by atoms with Gasteiger partial charge in [-0.15, -0.1) is 0 Å². The van der Waals surface area contributed by atoms with Crippen molar-refractivity contribution in [1.29, 1.82) is 0 Å². The molecule has 0 heterocycles. The third-order valence-electron chi connectivity index (χ3n) is 10.9. The first-order chi connectivity index (χ1) is 26.1. The van der Waals surface area contributed by atoms with Crippen molar-refractivity contribution in [3.8, 4) is 45.9 Å². The largest absolute Gasteiger partial charge is 0.0726 e. The monoisotopic (exact) mass is 698 g/mol. The van der Waals surface area contributed by atoms with Crippen molar-refractivity contribution in [3.05, 3.63) is 143 Å². The second-order valence-corrected chi connectivity index (χ2v) is 15.2. The Morgan fingerprint density at radius 3 is 1.17 bits per heavy atom. The third-order valence-corrected chi connectivity index (χ3v) is 10.9. The minimum Gasteiger partial charge on any atom is -0.0726 e. The highest BCUT2D eigenvalue weighted by Crippen LogP contribution is 2.28. The molecule has 6 rings (SSSR count). The molecule has 0 aliphatic heterocycles. The van der Waals surface area contributed by atoms with Gasteiger partial charge in [-0.3, -0.25) is 0 Å². The van der Waals surface area contributed by atoms with Gasteiger partial charge in [0.15, 0.2) is 0 Å². The molecule has 2 unspecified atom stereocenters. The molecule has 0 fully saturated rings. The molecule has 53 heavy (non-hydrogen) atoms. The van der Waals surface area contributed by atoms with E-state index >= 15 is 0 Å². The molecule has 2 aliphatic carbocycles. The highest BCUT2D eigenvalue weighted by molar-refractivity contribution is 5.66. The molecule has 0 bridgehead atoms. The van der Waals surface area contributed by atoms with Gasteiger partial charge in [-0.2, -0.15) is 0 Å². The molecule has 0 N–H and O–H groups in total. The van der Waals surface area contributed by atoms with Crippen molar-refractivity contribution in [1.82, 2.24) is 0 Å². The Morgan fingerprint density at radius 2 is 0.830 bits per heavy atom. The number of hydrogen-bond acceptors (Lipinski definition) is 0. The van der Waals surface area contributed by atoms with Crippen LogP contribution in [-0.2, 0) is 12.8 Å². The van der Waals surface area contributed by atoms with Crippen LogP contribution in [0.4, 0.5) is 0 Å². The van der Waals surface area contributed by atoms with Gasteiger partial charge in [0.05, 0.1) is 0 Å². The first-order valence-corrected chi connectivity index (χ1v) is 20.9. The molecule has 4 aromatic rings. The van der Waals surface area contributed by atoms with Gasteiger partial charge in [0.2, 0.25) is 0 Å². The van der Waals surface area contributed by atoms with Crippen LogP contribution < -0.4 is 0 Å². The van der Waals surface area contributed by atoms with Gasteiger partial charge in [-0.25, -0.2) is 0 Å². The Balaban J connectivity index is 0.000000204. The summed E-state index contributed by atoms with van der Waals surface area (Å²) in [7, 11) is 0. The van der Waals surface area contributed by atoms with E-state index in [2.05, 4.69) is 161 Å². The molecule has 0 radical (unpaired) electrons. The lowest BCUT2D eigenvalue weighted by Gasteiger charge is -2.19. The Bertz CT molecular complexity index is 1860. The van der Waals surface area contributed by atoms with E-state index < -0.39 is 0 Å². The predicted octanol–water partition coefficient (Wildman–Crippen LogP) is 14.8. The second-order valence-electron chi connectivity index (χ2n) is 15.2. The van der Waals surface area contributed by atoms with Crippen molar-refractivity contribution >= 4 is 0 Å². The molecule has 0 nitrogen and oxygen atoms in total. The number of aryl methyl sites for hydroxylation is 2. The summed E-state index contributed by atoms with van der Waals surface area (Å²) < 4.78 is 0. The summed E-state index contributed by atoms with van der Waals surface area (Å²) in [4.78, 5) is 0. The maximum absolute atomic E-state index is 3.41. The number of benzene rings is 4. The van der Waals surface area contributed by atoms with Crippen LogP contribution in [0.5, 0.6) is 0 Å². The Kier molecular flexibility index (Phi) is 16.4. The van der Waals surface area contributed by atoms with Gasteiger partial charge in [-0.05, 0) is 132 Å². The summed E-state index contributed by atoms with van der Waals surface area (Å²) >= 11 is 0. The van der Waals surface area contributed by atoms with Crippen LogP contribution in [0.2, 0.25) is 0 Å². The fourth-order valence-electron chi connectivity index (χ4n) is 7.53. The summed E-state index contributed by atoms with van der Waals surface area (Å²) in [6, 6.07) is 35.2. The van der Waals surface area contributed by atoms with E-state index in [1.807, 2.05) is 0 Å². The minimum absolute atomic E-state index is 0.883. The number of rotatable bonds is 11. The van der Waals surface area contributed by atoms with Crippen molar-refractivity contribution < 1.29 is 0 Å². The van der Waals surface area contributed by atoms with Crippen LogP contribution in [0.3, 0.4) is 0 Å². The lowest BCUT2D eigenvalue weighted by molar-refractivity contribution is 0.425. The van der Waals surface area contributed by atoms with E-state index in [0.29, 0.717) is 0 Å². The summed E-state index contributed by atoms with van der Waals surface area (Å²) in [5.74, 6) is 15.3. The van der Waals surface area contributed by atoms with Gasteiger partial charge in [0, 0.05) is 11.1 Å². The molecule has 4 aromatic carbocycles. The van der Waals surface area contributed by atoms with Crippen LogP contribution in [0.15, 0.2) is 120 Å². The molecule has 0 saturated heterocycles. The van der Waals surface area contributed by atoms with Gasteiger partial charge >= 0.3 is 0 Å². The summed E-state index contributed by atoms with van der Waals surface area (Å²) in [6.07, 6.45) is 23.5. The molecule has 2 atom stereocenters. The van der Waals surface area contributed by atoms with Crippen LogP contribution >= 0.6 is 0 Å². The predicted molar refractivity (Wildman–Crippen MR) is 231 cm³/mol. The smallest absolute Gasteiger partial charge is 0.0249 e. The zero-order chi connectivity index (χ0) is 37.1. The lowest BCUT2D eigenvalue weighted by Crippen LogP contribution is -2.05. The van der Waals surface area contributed by atoms with Gasteiger partial charge in [-0.1, -0.05) is 181 Å². The third kappa shape index (κ3) is 13.1.